The first-order valence-corrected chi connectivity index (χ1v) is 8.07. The van der Waals surface area contributed by atoms with Crippen LogP contribution in [0.1, 0.15) is 50.4 Å². The third kappa shape index (κ3) is 4.85. The molecule has 2 atom stereocenters. The predicted molar refractivity (Wildman–Crippen MR) is 85.9 cm³/mol. The molecule has 21 heavy (non-hydrogen) atoms. The van der Waals surface area contributed by atoms with Gasteiger partial charge in [0.2, 0.25) is 0 Å². The van der Waals surface area contributed by atoms with E-state index in [1.54, 1.807) is 0 Å². The fourth-order valence-corrected chi connectivity index (χ4v) is 2.96. The first-order valence-electron chi connectivity index (χ1n) is 8.07. The third-order valence-corrected chi connectivity index (χ3v) is 4.17. The van der Waals surface area contributed by atoms with Gasteiger partial charge in [0.15, 0.2) is 5.78 Å². The van der Waals surface area contributed by atoms with Gasteiger partial charge < -0.3 is 10.1 Å². The molecular formula is C18H27NO2. The maximum absolute atomic E-state index is 12.5. The fraction of sp³-hybridized carbons (Fsp3) is 0.611. The van der Waals surface area contributed by atoms with Crippen LogP contribution in [0.15, 0.2) is 24.3 Å². The summed E-state index contributed by atoms with van der Waals surface area (Å²) in [7, 11) is 0. The van der Waals surface area contributed by atoms with Crippen LogP contribution in [0.5, 0.6) is 5.75 Å². The van der Waals surface area contributed by atoms with Crippen molar-refractivity contribution in [2.75, 3.05) is 13.1 Å². The van der Waals surface area contributed by atoms with Crippen LogP contribution in [0.4, 0.5) is 0 Å². The van der Waals surface area contributed by atoms with Crippen LogP contribution in [0.25, 0.3) is 0 Å². The molecule has 3 heteroatoms. The highest BCUT2D eigenvalue weighted by atomic mass is 16.5. The minimum Gasteiger partial charge on any atom is -0.491 e. The van der Waals surface area contributed by atoms with E-state index in [4.69, 9.17) is 4.74 Å². The van der Waals surface area contributed by atoms with Gasteiger partial charge in [0.05, 0.1) is 6.10 Å². The topological polar surface area (TPSA) is 38.3 Å². The van der Waals surface area contributed by atoms with Gasteiger partial charge in [-0.1, -0.05) is 19.1 Å². The molecule has 2 rings (SSSR count). The number of Topliss-reactive ketones (excluding diaryl/α,β-unsaturated/α-hetero) is 1. The Kier molecular flexibility index (Phi) is 5.80. The number of ketones is 1. The Morgan fingerprint density at radius 3 is 2.86 bits per heavy atom. The van der Waals surface area contributed by atoms with Gasteiger partial charge >= 0.3 is 0 Å². The average Bonchev–Trinajstić information content (AvgIpc) is 2.47. The Balaban J connectivity index is 1.95. The van der Waals surface area contributed by atoms with Crippen LogP contribution >= 0.6 is 0 Å². The minimum absolute atomic E-state index is 0.127. The van der Waals surface area contributed by atoms with E-state index in [2.05, 4.69) is 12.2 Å². The van der Waals surface area contributed by atoms with Gasteiger partial charge in [0.1, 0.15) is 5.75 Å². The summed E-state index contributed by atoms with van der Waals surface area (Å²) in [4.78, 5) is 12.5. The van der Waals surface area contributed by atoms with E-state index < -0.39 is 0 Å². The number of carbonyl (C=O) groups excluding carboxylic acids is 1. The van der Waals surface area contributed by atoms with Crippen molar-refractivity contribution in [3.63, 3.8) is 0 Å². The lowest BCUT2D eigenvalue weighted by molar-refractivity contribution is 0.0942. The molecule has 0 saturated carbocycles. The Labute approximate surface area is 128 Å². The highest BCUT2D eigenvalue weighted by Crippen LogP contribution is 2.25. The summed E-state index contributed by atoms with van der Waals surface area (Å²) in [5, 5.41) is 3.43. The van der Waals surface area contributed by atoms with E-state index in [1.807, 2.05) is 38.1 Å². The molecule has 2 unspecified atom stereocenters. The Morgan fingerprint density at radius 1 is 1.38 bits per heavy atom. The van der Waals surface area contributed by atoms with Gasteiger partial charge in [-0.05, 0) is 63.7 Å². The van der Waals surface area contributed by atoms with Crippen molar-refractivity contribution in [1.29, 1.82) is 0 Å². The van der Waals surface area contributed by atoms with E-state index in [-0.39, 0.29) is 11.9 Å². The number of hydrogen-bond acceptors (Lipinski definition) is 3. The normalized spacial score (nSPS) is 20.3. The number of carbonyl (C=O) groups is 1. The summed E-state index contributed by atoms with van der Waals surface area (Å²) < 4.78 is 5.66. The first-order chi connectivity index (χ1) is 10.1. The second-order valence-electron chi connectivity index (χ2n) is 6.41. The summed E-state index contributed by atoms with van der Waals surface area (Å²) in [5.74, 6) is 2.06. The number of ether oxygens (including phenoxy) is 1. The molecule has 0 bridgehead atoms. The average molecular weight is 289 g/mol. The van der Waals surface area contributed by atoms with Crippen molar-refractivity contribution in [1.82, 2.24) is 5.32 Å². The number of benzene rings is 1. The minimum atomic E-state index is 0.127. The Bertz CT molecular complexity index is 464. The Morgan fingerprint density at radius 2 is 2.19 bits per heavy atom. The summed E-state index contributed by atoms with van der Waals surface area (Å²) in [5.41, 5.74) is 0.767. The fourth-order valence-electron chi connectivity index (χ4n) is 2.96. The lowest BCUT2D eigenvalue weighted by Gasteiger charge is -2.28. The van der Waals surface area contributed by atoms with Crippen molar-refractivity contribution in [3.8, 4) is 5.75 Å². The molecule has 0 spiro atoms. The van der Waals surface area contributed by atoms with Crippen LogP contribution in [-0.2, 0) is 0 Å². The first kappa shape index (κ1) is 16.0. The molecule has 116 valence electrons. The van der Waals surface area contributed by atoms with Gasteiger partial charge in [-0.25, -0.2) is 0 Å². The molecule has 0 radical (unpaired) electrons. The largest absolute Gasteiger partial charge is 0.491 e. The van der Waals surface area contributed by atoms with Gasteiger partial charge in [-0.15, -0.1) is 0 Å². The van der Waals surface area contributed by atoms with Crippen molar-refractivity contribution in [3.05, 3.63) is 29.8 Å². The maximum Gasteiger partial charge on any atom is 0.163 e. The molecule has 1 fully saturated rings. The summed E-state index contributed by atoms with van der Waals surface area (Å²) >= 11 is 0. The zero-order valence-corrected chi connectivity index (χ0v) is 13.4. The second-order valence-corrected chi connectivity index (χ2v) is 6.41. The lowest BCUT2D eigenvalue weighted by Crippen LogP contribution is -2.34. The van der Waals surface area contributed by atoms with Gasteiger partial charge in [0.25, 0.3) is 0 Å². The zero-order chi connectivity index (χ0) is 15.2. The van der Waals surface area contributed by atoms with Crippen molar-refractivity contribution in [2.24, 2.45) is 11.8 Å². The highest BCUT2D eigenvalue weighted by Gasteiger charge is 2.22. The zero-order valence-electron chi connectivity index (χ0n) is 13.4. The quantitative estimate of drug-likeness (QED) is 0.812. The summed E-state index contributed by atoms with van der Waals surface area (Å²) in [6, 6.07) is 7.57. The van der Waals surface area contributed by atoms with E-state index in [0.29, 0.717) is 18.3 Å². The standard InChI is InChI=1S/C18H27NO2/c1-13(2)21-17-8-4-6-15(11-17)18(20)10-14(3)16-7-5-9-19-12-16/h4,6,8,11,13-14,16,19H,5,7,9-10,12H2,1-3H3. The van der Waals surface area contributed by atoms with Crippen LogP contribution < -0.4 is 10.1 Å². The summed E-state index contributed by atoms with van der Waals surface area (Å²) in [6.45, 7) is 8.35. The molecule has 1 aliphatic rings. The smallest absolute Gasteiger partial charge is 0.163 e. The number of piperidine rings is 1. The summed E-state index contributed by atoms with van der Waals surface area (Å²) in [6.07, 6.45) is 3.21. The highest BCUT2D eigenvalue weighted by molar-refractivity contribution is 5.96. The van der Waals surface area contributed by atoms with E-state index >= 15 is 0 Å². The molecule has 1 aromatic rings. The molecule has 1 aromatic carbocycles. The molecule has 1 N–H and O–H groups in total. The van der Waals surface area contributed by atoms with Crippen LogP contribution in [-0.4, -0.2) is 25.0 Å². The molecule has 1 heterocycles. The van der Waals surface area contributed by atoms with Crippen molar-refractivity contribution >= 4 is 5.78 Å². The lowest BCUT2D eigenvalue weighted by atomic mass is 9.83. The SMILES string of the molecule is CC(C)Oc1cccc(C(=O)CC(C)C2CCCNC2)c1. The molecule has 0 amide bonds. The van der Waals surface area contributed by atoms with E-state index in [1.165, 1.54) is 12.8 Å². The van der Waals surface area contributed by atoms with Gasteiger partial charge in [0, 0.05) is 12.0 Å². The van der Waals surface area contributed by atoms with Crippen LogP contribution in [0.3, 0.4) is 0 Å². The molecule has 1 saturated heterocycles. The number of rotatable bonds is 6. The maximum atomic E-state index is 12.5. The third-order valence-electron chi connectivity index (χ3n) is 4.17. The second kappa shape index (κ2) is 7.60. The van der Waals surface area contributed by atoms with Crippen LogP contribution in [0.2, 0.25) is 0 Å². The van der Waals surface area contributed by atoms with Gasteiger partial charge in [-0.2, -0.15) is 0 Å². The molecule has 0 aromatic heterocycles. The monoisotopic (exact) mass is 289 g/mol. The predicted octanol–water partition coefficient (Wildman–Crippen LogP) is 3.68. The number of nitrogens with one attached hydrogen (secondary N) is 1. The molecular weight excluding hydrogens is 262 g/mol. The van der Waals surface area contributed by atoms with Gasteiger partial charge in [-0.3, -0.25) is 4.79 Å². The van der Waals surface area contributed by atoms with Crippen molar-refractivity contribution in [2.45, 2.75) is 46.1 Å². The molecule has 0 aliphatic carbocycles. The number of hydrogen-bond donors (Lipinski definition) is 1. The molecule has 3 nitrogen and oxygen atoms in total. The van der Waals surface area contributed by atoms with E-state index in [0.717, 1.165) is 24.4 Å². The van der Waals surface area contributed by atoms with E-state index in [9.17, 15) is 4.79 Å². The van der Waals surface area contributed by atoms with Crippen molar-refractivity contribution < 1.29 is 9.53 Å². The van der Waals surface area contributed by atoms with Crippen LogP contribution in [0, 0.1) is 11.8 Å². The Hall–Kier alpha value is -1.35. The molecule has 1 aliphatic heterocycles.